The second-order valence-corrected chi connectivity index (χ2v) is 6.13. The van der Waals surface area contributed by atoms with Crippen molar-refractivity contribution in [3.8, 4) is 0 Å². The van der Waals surface area contributed by atoms with Crippen molar-refractivity contribution < 1.29 is 4.79 Å². The first-order valence-corrected chi connectivity index (χ1v) is 7.88. The van der Waals surface area contributed by atoms with Crippen molar-refractivity contribution in [3.05, 3.63) is 24.4 Å². The summed E-state index contributed by atoms with van der Waals surface area (Å²) in [5.74, 6) is 1.36. The molecule has 2 fully saturated rings. The number of hydrogen-bond donors (Lipinski definition) is 1. The molecule has 1 unspecified atom stereocenters. The third kappa shape index (κ3) is 3.53. The fraction of sp³-hybridized carbons (Fsp3) is 0.625. The molecule has 5 nitrogen and oxygen atoms in total. The first-order valence-electron chi connectivity index (χ1n) is 7.88. The average Bonchev–Trinajstić information content (AvgIpc) is 2.53. The summed E-state index contributed by atoms with van der Waals surface area (Å²) in [4.78, 5) is 20.1. The lowest BCUT2D eigenvalue weighted by atomic mass is 10.00. The monoisotopic (exact) mass is 288 g/mol. The highest BCUT2D eigenvalue weighted by atomic mass is 16.2. The summed E-state index contributed by atoms with van der Waals surface area (Å²) in [6.45, 7) is 2.95. The quantitative estimate of drug-likeness (QED) is 0.910. The molecule has 3 heterocycles. The van der Waals surface area contributed by atoms with Crippen molar-refractivity contribution in [2.24, 2.45) is 0 Å². The molecule has 1 aromatic rings. The number of piperidine rings is 2. The molecular formula is C16H24N4O. The van der Waals surface area contributed by atoms with Gasteiger partial charge in [0.2, 0.25) is 5.91 Å². The Labute approximate surface area is 126 Å². The Morgan fingerprint density at radius 3 is 2.67 bits per heavy atom. The van der Waals surface area contributed by atoms with Crippen LogP contribution < -0.4 is 10.2 Å². The summed E-state index contributed by atoms with van der Waals surface area (Å²) in [6, 6.07) is 7.10. The maximum atomic E-state index is 11.5. The van der Waals surface area contributed by atoms with Crippen molar-refractivity contribution in [1.82, 2.24) is 15.2 Å². The summed E-state index contributed by atoms with van der Waals surface area (Å²) in [6.07, 6.45) is 5.80. The third-order valence-electron chi connectivity index (χ3n) is 4.57. The van der Waals surface area contributed by atoms with Gasteiger partial charge in [0.1, 0.15) is 5.82 Å². The predicted octanol–water partition coefficient (Wildman–Crippen LogP) is 1.26. The smallest absolute Gasteiger partial charge is 0.222 e. The average molecular weight is 288 g/mol. The highest BCUT2D eigenvalue weighted by Gasteiger charge is 2.26. The Balaban J connectivity index is 1.47. The lowest BCUT2D eigenvalue weighted by molar-refractivity contribution is -0.132. The SMILES string of the molecule is CN1CC(NC2CCN(c3ccccn3)CC2)CCC1=O. The first kappa shape index (κ1) is 14.3. The lowest BCUT2D eigenvalue weighted by Crippen LogP contribution is -2.52. The summed E-state index contributed by atoms with van der Waals surface area (Å²) in [5.41, 5.74) is 0. The molecule has 2 saturated heterocycles. The number of pyridine rings is 1. The maximum Gasteiger partial charge on any atom is 0.222 e. The Hall–Kier alpha value is -1.62. The van der Waals surface area contributed by atoms with E-state index in [-0.39, 0.29) is 5.91 Å². The third-order valence-corrected chi connectivity index (χ3v) is 4.57. The number of carbonyl (C=O) groups excluding carboxylic acids is 1. The van der Waals surface area contributed by atoms with E-state index in [0.29, 0.717) is 18.5 Å². The summed E-state index contributed by atoms with van der Waals surface area (Å²) >= 11 is 0. The molecule has 1 atom stereocenters. The largest absolute Gasteiger partial charge is 0.357 e. The van der Waals surface area contributed by atoms with Gasteiger partial charge in [0, 0.05) is 51.4 Å². The van der Waals surface area contributed by atoms with Crippen LogP contribution in [0.2, 0.25) is 0 Å². The van der Waals surface area contributed by atoms with E-state index in [4.69, 9.17) is 0 Å². The minimum absolute atomic E-state index is 0.276. The molecule has 2 aliphatic rings. The number of anilines is 1. The standard InChI is InChI=1S/C16H24N4O/c1-19-12-14(5-6-16(19)21)18-13-7-10-20(11-8-13)15-4-2-3-9-17-15/h2-4,9,13-14,18H,5-8,10-12H2,1H3. The highest BCUT2D eigenvalue weighted by Crippen LogP contribution is 2.19. The first-order chi connectivity index (χ1) is 10.2. The number of hydrogen-bond acceptors (Lipinski definition) is 4. The van der Waals surface area contributed by atoms with Crippen LogP contribution in [0, 0.1) is 0 Å². The van der Waals surface area contributed by atoms with Gasteiger partial charge in [-0.3, -0.25) is 4.79 Å². The maximum absolute atomic E-state index is 11.5. The highest BCUT2D eigenvalue weighted by molar-refractivity contribution is 5.76. The number of carbonyl (C=O) groups is 1. The number of likely N-dealkylation sites (tertiary alicyclic amines) is 1. The van der Waals surface area contributed by atoms with Gasteiger partial charge in [-0.1, -0.05) is 6.07 Å². The van der Waals surface area contributed by atoms with E-state index in [0.717, 1.165) is 44.7 Å². The molecule has 114 valence electrons. The van der Waals surface area contributed by atoms with Crippen molar-refractivity contribution in [1.29, 1.82) is 0 Å². The van der Waals surface area contributed by atoms with E-state index < -0.39 is 0 Å². The molecule has 1 amide bonds. The van der Waals surface area contributed by atoms with Crippen LogP contribution in [0.25, 0.3) is 0 Å². The van der Waals surface area contributed by atoms with E-state index in [1.54, 1.807) is 0 Å². The van der Waals surface area contributed by atoms with Gasteiger partial charge in [-0.05, 0) is 31.4 Å². The van der Waals surface area contributed by atoms with Crippen LogP contribution in [0.5, 0.6) is 0 Å². The van der Waals surface area contributed by atoms with Gasteiger partial charge in [-0.15, -0.1) is 0 Å². The van der Waals surface area contributed by atoms with Crippen molar-refractivity contribution >= 4 is 11.7 Å². The molecule has 1 N–H and O–H groups in total. The zero-order chi connectivity index (χ0) is 14.7. The molecule has 0 bridgehead atoms. The molecule has 5 heteroatoms. The Kier molecular flexibility index (Phi) is 4.39. The minimum atomic E-state index is 0.276. The van der Waals surface area contributed by atoms with Crippen molar-refractivity contribution in [2.75, 3.05) is 31.6 Å². The second-order valence-electron chi connectivity index (χ2n) is 6.13. The zero-order valence-corrected chi connectivity index (χ0v) is 12.7. The molecule has 0 spiro atoms. The van der Waals surface area contributed by atoms with Gasteiger partial charge in [0.25, 0.3) is 0 Å². The van der Waals surface area contributed by atoms with E-state index >= 15 is 0 Å². The van der Waals surface area contributed by atoms with Crippen LogP contribution in [-0.2, 0) is 4.79 Å². The number of nitrogens with zero attached hydrogens (tertiary/aromatic N) is 3. The number of amides is 1. The molecule has 3 rings (SSSR count). The van der Waals surface area contributed by atoms with Crippen LogP contribution in [0.4, 0.5) is 5.82 Å². The number of aromatic nitrogens is 1. The van der Waals surface area contributed by atoms with E-state index in [1.165, 1.54) is 0 Å². The van der Waals surface area contributed by atoms with Gasteiger partial charge in [-0.25, -0.2) is 4.98 Å². The zero-order valence-electron chi connectivity index (χ0n) is 12.7. The van der Waals surface area contributed by atoms with Crippen LogP contribution >= 0.6 is 0 Å². The number of likely N-dealkylation sites (N-methyl/N-ethyl adjacent to an activating group) is 1. The van der Waals surface area contributed by atoms with Gasteiger partial charge >= 0.3 is 0 Å². The van der Waals surface area contributed by atoms with Crippen molar-refractivity contribution in [2.45, 2.75) is 37.8 Å². The summed E-state index contributed by atoms with van der Waals surface area (Å²) < 4.78 is 0. The molecule has 0 saturated carbocycles. The summed E-state index contributed by atoms with van der Waals surface area (Å²) in [7, 11) is 1.90. The number of nitrogens with one attached hydrogen (secondary N) is 1. The van der Waals surface area contributed by atoms with Gasteiger partial charge in [0.15, 0.2) is 0 Å². The molecule has 2 aliphatic heterocycles. The van der Waals surface area contributed by atoms with Gasteiger partial charge in [-0.2, -0.15) is 0 Å². The molecule has 0 aliphatic carbocycles. The lowest BCUT2D eigenvalue weighted by Gasteiger charge is -2.37. The molecular weight excluding hydrogens is 264 g/mol. The Bertz CT molecular complexity index is 470. The fourth-order valence-electron chi connectivity index (χ4n) is 3.30. The van der Waals surface area contributed by atoms with Crippen LogP contribution in [0.3, 0.4) is 0 Å². The van der Waals surface area contributed by atoms with Gasteiger partial charge < -0.3 is 15.1 Å². The minimum Gasteiger partial charge on any atom is -0.357 e. The molecule has 0 radical (unpaired) electrons. The Morgan fingerprint density at radius 1 is 1.19 bits per heavy atom. The Morgan fingerprint density at radius 2 is 2.00 bits per heavy atom. The van der Waals surface area contributed by atoms with E-state index in [9.17, 15) is 4.79 Å². The molecule has 0 aromatic carbocycles. The van der Waals surface area contributed by atoms with E-state index in [2.05, 4.69) is 21.3 Å². The predicted molar refractivity (Wildman–Crippen MR) is 83.3 cm³/mol. The van der Waals surface area contributed by atoms with Crippen LogP contribution in [-0.4, -0.2) is 54.6 Å². The normalized spacial score (nSPS) is 24.4. The summed E-state index contributed by atoms with van der Waals surface area (Å²) in [5, 5.41) is 3.74. The fourth-order valence-corrected chi connectivity index (χ4v) is 3.30. The topological polar surface area (TPSA) is 48.5 Å². The van der Waals surface area contributed by atoms with Crippen LogP contribution in [0.1, 0.15) is 25.7 Å². The van der Waals surface area contributed by atoms with Gasteiger partial charge in [0.05, 0.1) is 0 Å². The van der Waals surface area contributed by atoms with E-state index in [1.807, 2.05) is 30.3 Å². The second kappa shape index (κ2) is 6.43. The molecule has 21 heavy (non-hydrogen) atoms. The molecule has 1 aromatic heterocycles. The van der Waals surface area contributed by atoms with Crippen LogP contribution in [0.15, 0.2) is 24.4 Å². The van der Waals surface area contributed by atoms with Crippen molar-refractivity contribution in [3.63, 3.8) is 0 Å². The number of rotatable bonds is 3.